The fourth-order valence-electron chi connectivity index (χ4n) is 0.682. The molecule has 0 heteroatoms. The molecular weight excluding hydrogens is 84.1 g/mol. The summed E-state index contributed by atoms with van der Waals surface area (Å²) in [6.07, 6.45) is 8.68. The van der Waals surface area contributed by atoms with Crippen molar-refractivity contribution >= 4 is 0 Å². The van der Waals surface area contributed by atoms with Crippen LogP contribution >= 0.6 is 0 Å². The first-order chi connectivity index (χ1) is 3.43. The summed E-state index contributed by atoms with van der Waals surface area (Å²) in [4.78, 5) is 0. The van der Waals surface area contributed by atoms with Gasteiger partial charge in [0.1, 0.15) is 0 Å². The Balaban J connectivity index is 1.98. The van der Waals surface area contributed by atoms with Crippen LogP contribution in [0, 0.1) is 5.92 Å². The Morgan fingerprint density at radius 3 is 2.71 bits per heavy atom. The van der Waals surface area contributed by atoms with Crippen LogP contribution in [0.25, 0.3) is 0 Å². The average molecular weight is 96.2 g/mol. The molecule has 0 amide bonds. The van der Waals surface area contributed by atoms with Crippen molar-refractivity contribution in [1.82, 2.24) is 0 Å². The van der Waals surface area contributed by atoms with E-state index < -0.39 is 0 Å². The molecule has 0 N–H and O–H groups in total. The summed E-state index contributed by atoms with van der Waals surface area (Å²) in [6.45, 7) is 2.09. The van der Waals surface area contributed by atoms with E-state index in [1.165, 1.54) is 19.3 Å². The van der Waals surface area contributed by atoms with E-state index in [0.29, 0.717) is 0 Å². The van der Waals surface area contributed by atoms with Gasteiger partial charge in [0.15, 0.2) is 0 Å². The van der Waals surface area contributed by atoms with Crippen molar-refractivity contribution < 1.29 is 0 Å². The maximum atomic E-state index is 2.26. The Kier molecular flexibility index (Phi) is 1.50. The minimum Gasteiger partial charge on any atom is -0.0917 e. The number of hydrogen-bond donors (Lipinski definition) is 0. The fraction of sp³-hybridized carbons (Fsp3) is 0.714. The Morgan fingerprint density at radius 1 is 1.57 bits per heavy atom. The van der Waals surface area contributed by atoms with Crippen molar-refractivity contribution in [3.8, 4) is 0 Å². The molecule has 0 atom stereocenters. The maximum Gasteiger partial charge on any atom is -0.0322 e. The first-order valence-corrected chi connectivity index (χ1v) is 3.04. The summed E-state index contributed by atoms with van der Waals surface area (Å²) in [6, 6.07) is 0. The molecule has 1 rings (SSSR count). The highest BCUT2D eigenvalue weighted by Gasteiger charge is 2.18. The molecule has 0 saturated heterocycles. The van der Waals surface area contributed by atoms with Crippen LogP contribution in [0.2, 0.25) is 0 Å². The van der Waals surface area contributed by atoms with Gasteiger partial charge in [-0.25, -0.2) is 0 Å². The monoisotopic (exact) mass is 96.1 g/mol. The van der Waals surface area contributed by atoms with Gasteiger partial charge in [-0.1, -0.05) is 12.2 Å². The highest BCUT2D eigenvalue weighted by atomic mass is 14.2. The van der Waals surface area contributed by atoms with Crippen LogP contribution in [0.5, 0.6) is 0 Å². The van der Waals surface area contributed by atoms with Gasteiger partial charge in [-0.3, -0.25) is 0 Å². The number of rotatable bonds is 2. The topological polar surface area (TPSA) is 0 Å². The van der Waals surface area contributed by atoms with Gasteiger partial charge in [-0.15, -0.1) is 0 Å². The van der Waals surface area contributed by atoms with E-state index in [9.17, 15) is 0 Å². The van der Waals surface area contributed by atoms with Crippen LogP contribution in [0.3, 0.4) is 0 Å². The van der Waals surface area contributed by atoms with Gasteiger partial charge in [0.05, 0.1) is 0 Å². The molecule has 1 aliphatic carbocycles. The van der Waals surface area contributed by atoms with Gasteiger partial charge in [-0.2, -0.15) is 0 Å². The van der Waals surface area contributed by atoms with Gasteiger partial charge in [0, 0.05) is 0 Å². The zero-order chi connectivity index (χ0) is 5.11. The predicted octanol–water partition coefficient (Wildman–Crippen LogP) is 2.36. The normalized spacial score (nSPS) is 21.3. The molecule has 1 fully saturated rings. The van der Waals surface area contributed by atoms with Gasteiger partial charge < -0.3 is 0 Å². The van der Waals surface area contributed by atoms with E-state index in [2.05, 4.69) is 19.1 Å². The molecule has 0 radical (unpaired) electrons. The van der Waals surface area contributed by atoms with E-state index in [4.69, 9.17) is 0 Å². The molecule has 0 aromatic carbocycles. The zero-order valence-corrected chi connectivity index (χ0v) is 4.85. The maximum absolute atomic E-state index is 2.26. The third-order valence-electron chi connectivity index (χ3n) is 1.40. The van der Waals surface area contributed by atoms with E-state index in [0.717, 1.165) is 5.92 Å². The standard InChI is InChI=1S/C7H12/c1-2-3-4-7-5-6-7/h2-3,7H,4-6H2,1H3/b3-2+. The summed E-state index contributed by atoms with van der Waals surface area (Å²) < 4.78 is 0. The second-order valence-electron chi connectivity index (χ2n) is 2.25. The van der Waals surface area contributed by atoms with E-state index >= 15 is 0 Å². The van der Waals surface area contributed by atoms with E-state index in [1.807, 2.05) is 0 Å². The fourth-order valence-corrected chi connectivity index (χ4v) is 0.682. The largest absolute Gasteiger partial charge is 0.0917 e. The van der Waals surface area contributed by atoms with Crippen LogP contribution in [0.15, 0.2) is 12.2 Å². The second-order valence-corrected chi connectivity index (χ2v) is 2.25. The highest BCUT2D eigenvalue weighted by Crippen LogP contribution is 2.32. The molecule has 0 nitrogen and oxygen atoms in total. The van der Waals surface area contributed by atoms with Crippen molar-refractivity contribution in [1.29, 1.82) is 0 Å². The lowest BCUT2D eigenvalue weighted by atomic mass is 10.3. The van der Waals surface area contributed by atoms with Gasteiger partial charge in [-0.05, 0) is 32.1 Å². The summed E-state index contributed by atoms with van der Waals surface area (Å²) >= 11 is 0. The molecule has 40 valence electrons. The quantitative estimate of drug-likeness (QED) is 0.463. The Bertz CT molecular complexity index is 68.1. The summed E-state index contributed by atoms with van der Waals surface area (Å²) in [5.74, 6) is 1.07. The van der Waals surface area contributed by atoms with Gasteiger partial charge >= 0.3 is 0 Å². The van der Waals surface area contributed by atoms with E-state index in [1.54, 1.807) is 0 Å². The molecule has 7 heavy (non-hydrogen) atoms. The predicted molar refractivity (Wildman–Crippen MR) is 32.2 cm³/mol. The Labute approximate surface area is 45.2 Å². The summed E-state index contributed by atoms with van der Waals surface area (Å²) in [5, 5.41) is 0. The van der Waals surface area contributed by atoms with Crippen molar-refractivity contribution in [3.05, 3.63) is 12.2 Å². The van der Waals surface area contributed by atoms with Crippen LogP contribution in [-0.4, -0.2) is 0 Å². The molecule has 0 aromatic rings. The smallest absolute Gasteiger partial charge is 0.0322 e. The minimum absolute atomic E-state index is 1.07. The molecule has 1 saturated carbocycles. The lowest BCUT2D eigenvalue weighted by molar-refractivity contribution is 0.862. The zero-order valence-electron chi connectivity index (χ0n) is 4.85. The molecule has 0 spiro atoms. The summed E-state index contributed by atoms with van der Waals surface area (Å²) in [7, 11) is 0. The minimum atomic E-state index is 1.07. The van der Waals surface area contributed by atoms with E-state index in [-0.39, 0.29) is 0 Å². The van der Waals surface area contributed by atoms with Crippen molar-refractivity contribution in [2.45, 2.75) is 26.2 Å². The SMILES string of the molecule is C/C=C/CC1CC1. The Morgan fingerprint density at radius 2 is 2.29 bits per heavy atom. The van der Waals surface area contributed by atoms with Crippen LogP contribution in [0.1, 0.15) is 26.2 Å². The molecule has 0 aliphatic heterocycles. The first-order valence-electron chi connectivity index (χ1n) is 3.04. The van der Waals surface area contributed by atoms with Crippen molar-refractivity contribution in [2.75, 3.05) is 0 Å². The Hall–Kier alpha value is -0.260. The van der Waals surface area contributed by atoms with Crippen LogP contribution < -0.4 is 0 Å². The average Bonchev–Trinajstić information content (AvgIpc) is 2.42. The van der Waals surface area contributed by atoms with Gasteiger partial charge in [0.25, 0.3) is 0 Å². The third kappa shape index (κ3) is 1.77. The lowest BCUT2D eigenvalue weighted by Crippen LogP contribution is -1.65. The van der Waals surface area contributed by atoms with Crippen molar-refractivity contribution in [3.63, 3.8) is 0 Å². The third-order valence-corrected chi connectivity index (χ3v) is 1.40. The highest BCUT2D eigenvalue weighted by molar-refractivity contribution is 4.85. The van der Waals surface area contributed by atoms with Gasteiger partial charge in [0.2, 0.25) is 0 Å². The van der Waals surface area contributed by atoms with Crippen LogP contribution in [0.4, 0.5) is 0 Å². The van der Waals surface area contributed by atoms with Crippen LogP contribution in [-0.2, 0) is 0 Å². The van der Waals surface area contributed by atoms with Crippen molar-refractivity contribution in [2.24, 2.45) is 5.92 Å². The molecule has 0 bridgehead atoms. The number of hydrogen-bond acceptors (Lipinski definition) is 0. The molecule has 0 heterocycles. The second kappa shape index (κ2) is 2.15. The summed E-state index contributed by atoms with van der Waals surface area (Å²) in [5.41, 5.74) is 0. The molecule has 0 aromatic heterocycles. The first kappa shape index (κ1) is 4.89. The molecule has 0 unspecified atom stereocenters. The lowest BCUT2D eigenvalue weighted by Gasteiger charge is -1.79. The molecular formula is C7H12. The number of allylic oxidation sites excluding steroid dienone is 2. The molecule has 1 aliphatic rings.